The van der Waals surface area contributed by atoms with Crippen LogP contribution in [0.25, 0.3) is 11.1 Å². The summed E-state index contributed by atoms with van der Waals surface area (Å²) in [6, 6.07) is 16.2. The average Bonchev–Trinajstić information content (AvgIpc) is 3.24. The molecule has 1 aliphatic carbocycles. The van der Waals surface area contributed by atoms with E-state index >= 15 is 0 Å². The Morgan fingerprint density at radius 3 is 2.38 bits per heavy atom. The van der Waals surface area contributed by atoms with Crippen molar-refractivity contribution in [1.82, 2.24) is 4.90 Å². The van der Waals surface area contributed by atoms with E-state index < -0.39 is 5.97 Å². The van der Waals surface area contributed by atoms with Crippen molar-refractivity contribution in [1.29, 1.82) is 0 Å². The van der Waals surface area contributed by atoms with Crippen molar-refractivity contribution in [2.45, 2.75) is 50.9 Å². The van der Waals surface area contributed by atoms with Crippen LogP contribution < -0.4 is 4.74 Å². The highest BCUT2D eigenvalue weighted by Gasteiger charge is 2.45. The summed E-state index contributed by atoms with van der Waals surface area (Å²) in [4.78, 5) is 26.1. The van der Waals surface area contributed by atoms with Gasteiger partial charge in [-0.3, -0.25) is 14.5 Å². The van der Waals surface area contributed by atoms with Crippen LogP contribution in [0.3, 0.4) is 0 Å². The third kappa shape index (κ3) is 7.51. The van der Waals surface area contributed by atoms with Gasteiger partial charge in [-0.2, -0.15) is 0 Å². The lowest BCUT2D eigenvalue weighted by Crippen LogP contribution is -2.49. The minimum Gasteiger partial charge on any atom is -0.497 e. The van der Waals surface area contributed by atoms with E-state index in [-0.39, 0.29) is 30.3 Å². The van der Waals surface area contributed by atoms with Gasteiger partial charge in [0.25, 0.3) is 0 Å². The molecule has 0 radical (unpaired) electrons. The number of carbonyl (C=O) groups is 2. The first kappa shape index (κ1) is 27.0. The van der Waals surface area contributed by atoms with Crippen molar-refractivity contribution < 1.29 is 28.9 Å². The van der Waals surface area contributed by atoms with E-state index in [1.807, 2.05) is 30.3 Å². The lowest BCUT2D eigenvalue weighted by molar-refractivity contribution is -0.137. The summed E-state index contributed by atoms with van der Waals surface area (Å²) >= 11 is 0. The van der Waals surface area contributed by atoms with Crippen LogP contribution in [0.2, 0.25) is 0 Å². The topological polar surface area (TPSA) is 85.3 Å². The molecule has 37 heavy (non-hydrogen) atoms. The van der Waals surface area contributed by atoms with E-state index in [2.05, 4.69) is 35.2 Å². The Hall–Kier alpha value is -3.00. The number of carboxylic acids is 1. The van der Waals surface area contributed by atoms with Gasteiger partial charge < -0.3 is 19.3 Å². The van der Waals surface area contributed by atoms with Crippen molar-refractivity contribution in [3.05, 3.63) is 66.2 Å². The molecule has 7 heteroatoms. The van der Waals surface area contributed by atoms with Crippen molar-refractivity contribution in [2.75, 3.05) is 33.4 Å². The summed E-state index contributed by atoms with van der Waals surface area (Å²) in [7, 11) is 1.66. The number of ether oxygens (including phenoxy) is 3. The normalized spacial score (nSPS) is 22.5. The first-order valence-electron chi connectivity index (χ1n) is 13.1. The minimum absolute atomic E-state index is 0.0693. The standard InChI is InChI=1S/C30H37NO6/c1-35-25-14-12-24(13-15-25)23-10-8-22(9-11-23)21-37-28-20-27(32)30(31-16-18-36-19-17-31)26(28)6-4-2-3-5-7-29(33)34/h2,4,8-15,26,28,30H,3,5-7,16-21H2,1H3,(H,33,34). The van der Waals surface area contributed by atoms with Crippen molar-refractivity contribution in [3.8, 4) is 16.9 Å². The second-order valence-corrected chi connectivity index (χ2v) is 9.70. The second-order valence-electron chi connectivity index (χ2n) is 9.70. The number of morpholine rings is 1. The molecule has 4 rings (SSSR count). The van der Waals surface area contributed by atoms with Crippen molar-refractivity contribution >= 4 is 11.8 Å². The fourth-order valence-corrected chi connectivity index (χ4v) is 5.23. The molecule has 0 aromatic heterocycles. The molecule has 3 unspecified atom stereocenters. The van der Waals surface area contributed by atoms with Gasteiger partial charge in [-0.1, -0.05) is 48.6 Å². The Morgan fingerprint density at radius 2 is 1.73 bits per heavy atom. The highest BCUT2D eigenvalue weighted by atomic mass is 16.5. The van der Waals surface area contributed by atoms with Gasteiger partial charge in [-0.05, 0) is 48.1 Å². The number of aliphatic carboxylic acids is 1. The predicted octanol–water partition coefficient (Wildman–Crippen LogP) is 4.74. The number of nitrogens with zero attached hydrogens (tertiary/aromatic N) is 1. The van der Waals surface area contributed by atoms with Crippen LogP contribution in [-0.2, 0) is 25.7 Å². The zero-order chi connectivity index (χ0) is 26.0. The Bertz CT molecular complexity index is 1040. The lowest BCUT2D eigenvalue weighted by Gasteiger charge is -2.35. The summed E-state index contributed by atoms with van der Waals surface area (Å²) in [6.45, 7) is 3.26. The Balaban J connectivity index is 1.38. The number of methoxy groups -OCH3 is 1. The van der Waals surface area contributed by atoms with Crippen molar-refractivity contribution in [2.24, 2.45) is 5.92 Å². The van der Waals surface area contributed by atoms with Gasteiger partial charge in [0.05, 0.1) is 39.1 Å². The molecule has 2 aromatic carbocycles. The van der Waals surface area contributed by atoms with Crippen LogP contribution in [-0.4, -0.2) is 67.3 Å². The molecule has 1 N–H and O–H groups in total. The van der Waals surface area contributed by atoms with Crippen LogP contribution >= 0.6 is 0 Å². The van der Waals surface area contributed by atoms with Gasteiger partial charge >= 0.3 is 5.97 Å². The third-order valence-electron chi connectivity index (χ3n) is 7.23. The molecule has 2 fully saturated rings. The van der Waals surface area contributed by atoms with Gasteiger partial charge in [-0.25, -0.2) is 0 Å². The summed E-state index contributed by atoms with van der Waals surface area (Å²) < 4.78 is 17.1. The Morgan fingerprint density at radius 1 is 1.05 bits per heavy atom. The number of allylic oxidation sites excluding steroid dienone is 2. The van der Waals surface area contributed by atoms with Crippen LogP contribution in [0.4, 0.5) is 0 Å². The molecule has 7 nitrogen and oxygen atoms in total. The quantitative estimate of drug-likeness (QED) is 0.328. The van der Waals surface area contributed by atoms with Crippen LogP contribution in [0, 0.1) is 5.92 Å². The summed E-state index contributed by atoms with van der Waals surface area (Å²) in [6.07, 6.45) is 6.66. The van der Waals surface area contributed by atoms with Gasteiger partial charge in [0.1, 0.15) is 5.75 Å². The highest BCUT2D eigenvalue weighted by Crippen LogP contribution is 2.34. The zero-order valence-electron chi connectivity index (χ0n) is 21.5. The molecule has 2 aliphatic rings. The first-order chi connectivity index (χ1) is 18.0. The summed E-state index contributed by atoms with van der Waals surface area (Å²) in [5.41, 5.74) is 3.32. The van der Waals surface area contributed by atoms with Gasteiger partial charge in [0.15, 0.2) is 5.78 Å². The zero-order valence-corrected chi connectivity index (χ0v) is 21.5. The number of Topliss-reactive ketones (excluding diaryl/α,β-unsaturated/α-hetero) is 1. The highest BCUT2D eigenvalue weighted by molar-refractivity contribution is 5.87. The van der Waals surface area contributed by atoms with E-state index in [1.54, 1.807) is 7.11 Å². The van der Waals surface area contributed by atoms with E-state index in [1.165, 1.54) is 0 Å². The third-order valence-corrected chi connectivity index (χ3v) is 7.23. The summed E-state index contributed by atoms with van der Waals surface area (Å²) in [5.74, 6) is 0.374. The fourth-order valence-electron chi connectivity index (χ4n) is 5.23. The van der Waals surface area contributed by atoms with Crippen LogP contribution in [0.15, 0.2) is 60.7 Å². The van der Waals surface area contributed by atoms with Gasteiger partial charge in [-0.15, -0.1) is 0 Å². The Kier molecular flexibility index (Phi) is 9.88. The molecule has 1 aliphatic heterocycles. The monoisotopic (exact) mass is 507 g/mol. The molecule has 1 saturated heterocycles. The molecule has 0 bridgehead atoms. The van der Waals surface area contributed by atoms with E-state index in [0.29, 0.717) is 32.7 Å². The number of ketones is 1. The number of carboxylic acid groups (broad SMARTS) is 1. The number of rotatable bonds is 12. The largest absolute Gasteiger partial charge is 0.497 e. The number of hydrogen-bond donors (Lipinski definition) is 1. The number of unbranched alkanes of at least 4 members (excludes halogenated alkanes) is 1. The maximum atomic E-state index is 13.1. The second kappa shape index (κ2) is 13.5. The molecule has 2 aromatic rings. The van der Waals surface area contributed by atoms with Gasteiger partial charge in [0.2, 0.25) is 0 Å². The maximum absolute atomic E-state index is 13.1. The maximum Gasteiger partial charge on any atom is 0.303 e. The molecule has 3 atom stereocenters. The number of carbonyl (C=O) groups excluding carboxylic acids is 1. The van der Waals surface area contributed by atoms with E-state index in [9.17, 15) is 9.59 Å². The molecule has 1 heterocycles. The molecular formula is C30H37NO6. The lowest BCUT2D eigenvalue weighted by atomic mass is 9.95. The predicted molar refractivity (Wildman–Crippen MR) is 142 cm³/mol. The van der Waals surface area contributed by atoms with E-state index in [4.69, 9.17) is 19.3 Å². The molecule has 0 spiro atoms. The Labute approximate surface area is 219 Å². The minimum atomic E-state index is -0.771. The smallest absolute Gasteiger partial charge is 0.303 e. The number of benzene rings is 2. The molecular weight excluding hydrogens is 470 g/mol. The SMILES string of the molecule is COc1ccc(-c2ccc(COC3CC(=O)C(N4CCOCC4)C3CC=CCCCC(=O)O)cc2)cc1. The van der Waals surface area contributed by atoms with Gasteiger partial charge in [0, 0.05) is 31.8 Å². The van der Waals surface area contributed by atoms with Crippen LogP contribution in [0.1, 0.15) is 37.7 Å². The number of hydrogen-bond acceptors (Lipinski definition) is 6. The van der Waals surface area contributed by atoms with Crippen LogP contribution in [0.5, 0.6) is 5.75 Å². The molecule has 198 valence electrons. The van der Waals surface area contributed by atoms with E-state index in [0.717, 1.165) is 48.4 Å². The fraction of sp³-hybridized carbons (Fsp3) is 0.467. The van der Waals surface area contributed by atoms with Crippen molar-refractivity contribution in [3.63, 3.8) is 0 Å². The first-order valence-corrected chi connectivity index (χ1v) is 13.1. The average molecular weight is 508 g/mol. The molecule has 1 saturated carbocycles. The summed E-state index contributed by atoms with van der Waals surface area (Å²) in [5, 5.41) is 8.83. The molecule has 0 amide bonds.